The molecule has 0 aliphatic carbocycles. The monoisotopic (exact) mass is 494 g/mol. The lowest BCUT2D eigenvalue weighted by Crippen LogP contribution is -2.47. The molecule has 2 aromatic carbocycles. The molecule has 0 spiro atoms. The molecule has 3 heterocycles. The second-order valence-corrected chi connectivity index (χ2v) is 8.83. The van der Waals surface area contributed by atoms with Crippen LogP contribution in [0.4, 0.5) is 23.0 Å². The Morgan fingerprint density at radius 1 is 1.09 bits per heavy atom. The van der Waals surface area contributed by atoms with Gasteiger partial charge in [-0.15, -0.1) is 0 Å². The molecule has 0 saturated carbocycles. The molecule has 10 heteroatoms. The minimum Gasteiger partial charge on any atom is -0.495 e. The molecule has 0 bridgehead atoms. The Labute approximate surface area is 207 Å². The highest BCUT2D eigenvalue weighted by Crippen LogP contribution is 2.30. The van der Waals surface area contributed by atoms with Gasteiger partial charge in [0, 0.05) is 50.0 Å². The number of methoxy groups -OCH3 is 1. The quantitative estimate of drug-likeness (QED) is 0.384. The van der Waals surface area contributed by atoms with Gasteiger partial charge in [0.1, 0.15) is 23.2 Å². The summed E-state index contributed by atoms with van der Waals surface area (Å²) >= 11 is 6.29. The molecule has 35 heavy (non-hydrogen) atoms. The van der Waals surface area contributed by atoms with Gasteiger partial charge in [0.15, 0.2) is 5.58 Å². The van der Waals surface area contributed by atoms with Crippen molar-refractivity contribution >= 4 is 45.7 Å². The van der Waals surface area contributed by atoms with Gasteiger partial charge in [0.05, 0.1) is 17.6 Å². The number of H-pyrrole nitrogens is 1. The maximum Gasteiger partial charge on any atom is 0.417 e. The molecule has 0 amide bonds. The third kappa shape index (κ3) is 5.05. The molecule has 0 radical (unpaired) electrons. The van der Waals surface area contributed by atoms with Crippen LogP contribution in [0, 0.1) is 0 Å². The molecule has 1 fully saturated rings. The molecular formula is C25H27ClN6O3. The first-order chi connectivity index (χ1) is 17.0. The Bertz CT molecular complexity index is 1390. The largest absolute Gasteiger partial charge is 0.495 e. The van der Waals surface area contributed by atoms with Gasteiger partial charge < -0.3 is 24.3 Å². The summed E-state index contributed by atoms with van der Waals surface area (Å²) in [6.07, 6.45) is 1.76. The van der Waals surface area contributed by atoms with Gasteiger partial charge in [-0.2, -0.15) is 0 Å². The van der Waals surface area contributed by atoms with E-state index in [2.05, 4.69) is 27.0 Å². The topological polar surface area (TPSA) is 99.5 Å². The van der Waals surface area contributed by atoms with Crippen LogP contribution < -0.4 is 25.6 Å². The zero-order chi connectivity index (χ0) is 24.4. The number of hydrogen-bond donors (Lipinski definition) is 2. The van der Waals surface area contributed by atoms with E-state index in [0.717, 1.165) is 67.9 Å². The van der Waals surface area contributed by atoms with Crippen LogP contribution in [0.25, 0.3) is 11.1 Å². The van der Waals surface area contributed by atoms with Crippen LogP contribution in [-0.4, -0.2) is 48.2 Å². The van der Waals surface area contributed by atoms with Crippen molar-refractivity contribution < 1.29 is 9.15 Å². The summed E-state index contributed by atoms with van der Waals surface area (Å²) in [6, 6.07) is 13.3. The Hall–Kier alpha value is -3.72. The van der Waals surface area contributed by atoms with Crippen molar-refractivity contribution in [3.8, 4) is 5.75 Å². The number of aryl methyl sites for hydroxylation is 1. The highest BCUT2D eigenvalue weighted by atomic mass is 35.5. The molecule has 182 valence electrons. The number of aromatic nitrogens is 3. The predicted molar refractivity (Wildman–Crippen MR) is 139 cm³/mol. The highest BCUT2D eigenvalue weighted by molar-refractivity contribution is 6.32. The summed E-state index contributed by atoms with van der Waals surface area (Å²) in [5, 5.41) is 3.90. The van der Waals surface area contributed by atoms with Crippen LogP contribution in [-0.2, 0) is 6.42 Å². The van der Waals surface area contributed by atoms with Crippen molar-refractivity contribution in [2.45, 2.75) is 19.8 Å². The molecule has 2 N–H and O–H groups in total. The van der Waals surface area contributed by atoms with Crippen LogP contribution >= 0.6 is 11.6 Å². The average Bonchev–Trinajstić information content (AvgIpc) is 3.23. The number of ether oxygens (including phenoxy) is 1. The van der Waals surface area contributed by atoms with Crippen molar-refractivity contribution in [1.29, 1.82) is 0 Å². The lowest BCUT2D eigenvalue weighted by atomic mass is 10.2. The van der Waals surface area contributed by atoms with E-state index in [1.54, 1.807) is 7.11 Å². The maximum atomic E-state index is 11.5. The van der Waals surface area contributed by atoms with E-state index in [1.165, 1.54) is 0 Å². The van der Waals surface area contributed by atoms with Crippen molar-refractivity contribution in [2.24, 2.45) is 0 Å². The number of halogens is 1. The minimum atomic E-state index is -0.435. The number of anilines is 4. The second-order valence-electron chi connectivity index (χ2n) is 8.42. The fourth-order valence-corrected chi connectivity index (χ4v) is 4.52. The highest BCUT2D eigenvalue weighted by Gasteiger charge is 2.20. The van der Waals surface area contributed by atoms with Gasteiger partial charge in [-0.1, -0.05) is 18.5 Å². The van der Waals surface area contributed by atoms with E-state index in [0.29, 0.717) is 21.9 Å². The number of aromatic amines is 1. The van der Waals surface area contributed by atoms with Gasteiger partial charge >= 0.3 is 5.76 Å². The van der Waals surface area contributed by atoms with Crippen molar-refractivity contribution in [2.75, 3.05) is 48.4 Å². The number of benzene rings is 2. The third-order valence-electron chi connectivity index (χ3n) is 6.03. The molecule has 0 atom stereocenters. The van der Waals surface area contributed by atoms with Crippen molar-refractivity contribution in [1.82, 2.24) is 15.0 Å². The number of oxazole rings is 1. The number of nitrogens with one attached hydrogen (secondary N) is 2. The Morgan fingerprint density at radius 3 is 2.63 bits per heavy atom. The number of hydrogen-bond acceptors (Lipinski definition) is 8. The van der Waals surface area contributed by atoms with Crippen LogP contribution in [0.15, 0.2) is 51.7 Å². The van der Waals surface area contributed by atoms with Crippen LogP contribution in [0.5, 0.6) is 5.75 Å². The summed E-state index contributed by atoms with van der Waals surface area (Å²) in [4.78, 5) is 28.3. The molecule has 4 aromatic rings. The minimum absolute atomic E-state index is 0.435. The number of rotatable bonds is 7. The predicted octanol–water partition coefficient (Wildman–Crippen LogP) is 4.60. The van der Waals surface area contributed by atoms with E-state index in [9.17, 15) is 4.79 Å². The fraction of sp³-hybridized carbons (Fsp3) is 0.320. The second kappa shape index (κ2) is 9.87. The SMILES string of the molecule is CCCc1nc(Nc2ccc(OC)c(Cl)c2)cc(N2CCN(c3ccc4oc(=O)[nH]c4c3)CC2)n1. The Balaban J connectivity index is 1.33. The van der Waals surface area contributed by atoms with E-state index in [1.807, 2.05) is 42.5 Å². The average molecular weight is 495 g/mol. The Kier molecular flexibility index (Phi) is 6.50. The zero-order valence-corrected chi connectivity index (χ0v) is 20.4. The number of piperazine rings is 1. The van der Waals surface area contributed by atoms with E-state index in [4.69, 9.17) is 30.7 Å². The fourth-order valence-electron chi connectivity index (χ4n) is 4.27. The van der Waals surface area contributed by atoms with Crippen molar-refractivity contribution in [3.63, 3.8) is 0 Å². The maximum absolute atomic E-state index is 11.5. The van der Waals surface area contributed by atoms with Crippen LogP contribution in [0.1, 0.15) is 19.2 Å². The summed E-state index contributed by atoms with van der Waals surface area (Å²) in [7, 11) is 1.60. The molecule has 5 rings (SSSR count). The molecule has 1 aliphatic rings. The normalized spacial score (nSPS) is 13.9. The number of nitrogens with zero attached hydrogens (tertiary/aromatic N) is 4. The first-order valence-electron chi connectivity index (χ1n) is 11.6. The standard InChI is InChI=1S/C25H27ClN6O3/c1-3-4-22-29-23(27-16-5-7-20(34-2)18(26)13-16)15-24(30-22)32-11-9-31(10-12-32)17-6-8-21-19(14-17)28-25(33)35-21/h5-8,13-15H,3-4,9-12H2,1-2H3,(H,28,33)(H,27,29,30). The lowest BCUT2D eigenvalue weighted by molar-refractivity contribution is 0.415. The molecule has 2 aromatic heterocycles. The van der Waals surface area contributed by atoms with Gasteiger partial charge in [0.25, 0.3) is 0 Å². The molecule has 0 unspecified atom stereocenters. The first-order valence-corrected chi connectivity index (χ1v) is 12.0. The van der Waals surface area contributed by atoms with Crippen LogP contribution in [0.3, 0.4) is 0 Å². The van der Waals surface area contributed by atoms with Gasteiger partial charge in [-0.25, -0.2) is 14.8 Å². The van der Waals surface area contributed by atoms with Gasteiger partial charge in [-0.05, 0) is 42.8 Å². The van der Waals surface area contributed by atoms with Crippen LogP contribution in [0.2, 0.25) is 5.02 Å². The third-order valence-corrected chi connectivity index (χ3v) is 6.32. The smallest absolute Gasteiger partial charge is 0.417 e. The van der Waals surface area contributed by atoms with Gasteiger partial charge in [0.2, 0.25) is 0 Å². The first kappa shape index (κ1) is 23.0. The summed E-state index contributed by atoms with van der Waals surface area (Å²) < 4.78 is 10.4. The van der Waals surface area contributed by atoms with E-state index < -0.39 is 5.76 Å². The molecular weight excluding hydrogens is 468 g/mol. The molecule has 1 saturated heterocycles. The number of fused-ring (bicyclic) bond motifs is 1. The Morgan fingerprint density at radius 2 is 1.89 bits per heavy atom. The zero-order valence-electron chi connectivity index (χ0n) is 19.7. The van der Waals surface area contributed by atoms with E-state index in [-0.39, 0.29) is 0 Å². The summed E-state index contributed by atoms with van der Waals surface area (Å²) in [5.74, 6) is 2.64. The van der Waals surface area contributed by atoms with Crippen molar-refractivity contribution in [3.05, 3.63) is 63.9 Å². The lowest BCUT2D eigenvalue weighted by Gasteiger charge is -2.37. The molecule has 1 aliphatic heterocycles. The molecule has 9 nitrogen and oxygen atoms in total. The van der Waals surface area contributed by atoms with E-state index >= 15 is 0 Å². The summed E-state index contributed by atoms with van der Waals surface area (Å²) in [6.45, 7) is 5.41. The van der Waals surface area contributed by atoms with Gasteiger partial charge in [-0.3, -0.25) is 4.98 Å². The summed E-state index contributed by atoms with van der Waals surface area (Å²) in [5.41, 5.74) is 3.17.